The van der Waals surface area contributed by atoms with Crippen molar-refractivity contribution in [2.45, 2.75) is 11.8 Å². The number of nitrogens with two attached hydrogens (primary N) is 1. The third-order valence-electron chi connectivity index (χ3n) is 3.12. The van der Waals surface area contributed by atoms with Gasteiger partial charge in [-0.25, -0.2) is 0 Å². The Hall–Kier alpha value is -1.06. The molecule has 0 bridgehead atoms. The fraction of sp³-hybridized carbons (Fsp3) is 0.364. The van der Waals surface area contributed by atoms with Crippen LogP contribution in [0.25, 0.3) is 0 Å². The van der Waals surface area contributed by atoms with Gasteiger partial charge in [0.05, 0.1) is 5.41 Å². The highest BCUT2D eigenvalue weighted by Crippen LogP contribution is 2.53. The summed E-state index contributed by atoms with van der Waals surface area (Å²) in [7, 11) is 0. The minimum Gasteiger partial charge on any atom is -0.396 e. The first kappa shape index (κ1) is 10.5. The first-order chi connectivity index (χ1) is 7.11. The van der Waals surface area contributed by atoms with Gasteiger partial charge in [0.1, 0.15) is 0 Å². The minimum atomic E-state index is -0.667. The van der Waals surface area contributed by atoms with E-state index in [1.165, 1.54) is 0 Å². The van der Waals surface area contributed by atoms with E-state index in [1.54, 1.807) is 24.3 Å². The fourth-order valence-electron chi connectivity index (χ4n) is 2.10. The van der Waals surface area contributed by atoms with Crippen molar-refractivity contribution in [2.75, 3.05) is 6.61 Å². The number of hydrogen-bond donors (Lipinski definition) is 2. The number of primary amides is 1. The predicted octanol–water partition coefficient (Wildman–Crippen LogP) is 1.08. The summed E-state index contributed by atoms with van der Waals surface area (Å²) in [6.07, 6.45) is 0.625. The quantitative estimate of drug-likeness (QED) is 0.809. The van der Waals surface area contributed by atoms with Gasteiger partial charge in [-0.3, -0.25) is 4.79 Å². The Bertz CT molecular complexity index is 390. The lowest BCUT2D eigenvalue weighted by Crippen LogP contribution is -2.31. The van der Waals surface area contributed by atoms with E-state index in [-0.39, 0.29) is 18.4 Å². The van der Waals surface area contributed by atoms with E-state index in [9.17, 15) is 4.79 Å². The summed E-state index contributed by atoms with van der Waals surface area (Å²) in [5.74, 6) is -0.417. The third-order valence-corrected chi connectivity index (χ3v) is 3.38. The number of aliphatic hydroxyl groups is 1. The highest BCUT2D eigenvalue weighted by atomic mass is 35.5. The number of rotatable bonds is 3. The molecule has 1 aliphatic carbocycles. The van der Waals surface area contributed by atoms with Crippen LogP contribution in [0.2, 0.25) is 5.02 Å². The average molecular weight is 226 g/mol. The van der Waals surface area contributed by atoms with Crippen LogP contribution in [0.15, 0.2) is 24.3 Å². The Morgan fingerprint density at radius 2 is 2.13 bits per heavy atom. The lowest BCUT2D eigenvalue weighted by molar-refractivity contribution is -0.120. The summed E-state index contributed by atoms with van der Waals surface area (Å²) in [5.41, 5.74) is 5.56. The summed E-state index contributed by atoms with van der Waals surface area (Å²) >= 11 is 5.77. The van der Waals surface area contributed by atoms with Crippen molar-refractivity contribution < 1.29 is 9.90 Å². The molecule has 1 amide bonds. The number of aliphatic hydroxyl groups excluding tert-OH is 1. The van der Waals surface area contributed by atoms with Crippen LogP contribution in [-0.4, -0.2) is 17.6 Å². The normalized spacial score (nSPS) is 28.8. The topological polar surface area (TPSA) is 63.3 Å². The highest BCUT2D eigenvalue weighted by molar-refractivity contribution is 6.30. The van der Waals surface area contributed by atoms with Crippen molar-refractivity contribution in [3.63, 3.8) is 0 Å². The van der Waals surface area contributed by atoms with E-state index >= 15 is 0 Å². The van der Waals surface area contributed by atoms with Crippen LogP contribution >= 0.6 is 11.6 Å². The number of carbonyl (C=O) groups excluding carboxylic acids is 1. The molecule has 1 fully saturated rings. The van der Waals surface area contributed by atoms with Crippen molar-refractivity contribution in [1.29, 1.82) is 0 Å². The first-order valence-corrected chi connectivity index (χ1v) is 5.16. The standard InChI is InChI=1S/C11H12ClNO2/c12-9-3-1-7(2-4-9)11(10(13)15)5-8(11)6-14/h1-4,8,14H,5-6H2,(H2,13,15)/t8-,11-/m0/s1. The van der Waals surface area contributed by atoms with Gasteiger partial charge in [0, 0.05) is 17.5 Å². The zero-order chi connectivity index (χ0) is 11.1. The summed E-state index contributed by atoms with van der Waals surface area (Å²) in [6, 6.07) is 7.05. The molecule has 80 valence electrons. The molecule has 1 saturated carbocycles. The minimum absolute atomic E-state index is 0.00837. The van der Waals surface area contributed by atoms with Crippen LogP contribution < -0.4 is 5.73 Å². The lowest BCUT2D eigenvalue weighted by atomic mass is 9.93. The Kier molecular flexibility index (Phi) is 2.44. The highest BCUT2D eigenvalue weighted by Gasteiger charge is 2.59. The van der Waals surface area contributed by atoms with Crippen molar-refractivity contribution in [3.05, 3.63) is 34.9 Å². The van der Waals surface area contributed by atoms with E-state index in [2.05, 4.69) is 0 Å². The maximum atomic E-state index is 11.4. The molecule has 3 N–H and O–H groups in total. The molecule has 0 saturated heterocycles. The van der Waals surface area contributed by atoms with Crippen LogP contribution in [-0.2, 0) is 10.2 Å². The SMILES string of the molecule is NC(=O)[C@]1(c2ccc(Cl)cc2)C[C@H]1CO. The number of hydrogen-bond acceptors (Lipinski definition) is 2. The van der Waals surface area contributed by atoms with Crippen molar-refractivity contribution in [3.8, 4) is 0 Å². The Morgan fingerprint density at radius 1 is 1.53 bits per heavy atom. The number of carbonyl (C=O) groups is 1. The zero-order valence-corrected chi connectivity index (χ0v) is 8.87. The molecule has 0 spiro atoms. The van der Waals surface area contributed by atoms with Gasteiger partial charge in [-0.05, 0) is 24.1 Å². The van der Waals surface area contributed by atoms with Gasteiger partial charge < -0.3 is 10.8 Å². The Balaban J connectivity index is 2.36. The monoisotopic (exact) mass is 225 g/mol. The van der Waals surface area contributed by atoms with E-state index in [0.717, 1.165) is 5.56 Å². The molecule has 15 heavy (non-hydrogen) atoms. The van der Waals surface area contributed by atoms with Crippen LogP contribution in [0.1, 0.15) is 12.0 Å². The number of amides is 1. The van der Waals surface area contributed by atoms with Crippen molar-refractivity contribution in [2.24, 2.45) is 11.7 Å². The van der Waals surface area contributed by atoms with Crippen molar-refractivity contribution in [1.82, 2.24) is 0 Å². The van der Waals surface area contributed by atoms with Gasteiger partial charge in [-0.2, -0.15) is 0 Å². The molecule has 3 nitrogen and oxygen atoms in total. The van der Waals surface area contributed by atoms with Crippen LogP contribution in [0.3, 0.4) is 0 Å². The third kappa shape index (κ3) is 1.52. The van der Waals surface area contributed by atoms with Crippen molar-refractivity contribution >= 4 is 17.5 Å². The Morgan fingerprint density at radius 3 is 2.53 bits per heavy atom. The molecule has 0 heterocycles. The first-order valence-electron chi connectivity index (χ1n) is 4.78. The predicted molar refractivity (Wildman–Crippen MR) is 57.5 cm³/mol. The van der Waals surface area contributed by atoms with E-state index < -0.39 is 5.41 Å². The zero-order valence-electron chi connectivity index (χ0n) is 8.11. The maximum Gasteiger partial charge on any atom is 0.228 e. The molecule has 4 heteroatoms. The molecule has 1 aromatic rings. The van der Waals surface area contributed by atoms with Gasteiger partial charge in [0.15, 0.2) is 0 Å². The molecular weight excluding hydrogens is 214 g/mol. The second-order valence-corrected chi connectivity index (χ2v) is 4.36. The van der Waals surface area contributed by atoms with E-state index in [4.69, 9.17) is 22.4 Å². The summed E-state index contributed by atoms with van der Waals surface area (Å²) in [4.78, 5) is 11.4. The van der Waals surface area contributed by atoms with Gasteiger partial charge in [-0.1, -0.05) is 23.7 Å². The largest absolute Gasteiger partial charge is 0.396 e. The second kappa shape index (κ2) is 3.51. The summed E-state index contributed by atoms with van der Waals surface area (Å²) in [5, 5.41) is 9.70. The molecule has 1 aliphatic rings. The molecule has 0 radical (unpaired) electrons. The molecule has 0 unspecified atom stereocenters. The molecule has 2 atom stereocenters. The van der Waals surface area contributed by atoms with Gasteiger partial charge in [0.25, 0.3) is 0 Å². The maximum absolute atomic E-state index is 11.4. The fourth-order valence-corrected chi connectivity index (χ4v) is 2.22. The second-order valence-electron chi connectivity index (χ2n) is 3.93. The smallest absolute Gasteiger partial charge is 0.228 e. The molecule has 2 rings (SSSR count). The molecular formula is C11H12ClNO2. The Labute approximate surface area is 92.8 Å². The van der Waals surface area contributed by atoms with Crippen LogP contribution in [0.5, 0.6) is 0 Å². The van der Waals surface area contributed by atoms with E-state index in [0.29, 0.717) is 11.4 Å². The summed E-state index contributed by atoms with van der Waals surface area (Å²) in [6.45, 7) is -0.00837. The van der Waals surface area contributed by atoms with Crippen LogP contribution in [0.4, 0.5) is 0 Å². The molecule has 1 aromatic carbocycles. The number of benzene rings is 1. The van der Waals surface area contributed by atoms with Gasteiger partial charge in [-0.15, -0.1) is 0 Å². The van der Waals surface area contributed by atoms with Gasteiger partial charge in [0.2, 0.25) is 5.91 Å². The number of halogens is 1. The lowest BCUT2D eigenvalue weighted by Gasteiger charge is -2.13. The van der Waals surface area contributed by atoms with E-state index in [1.807, 2.05) is 0 Å². The van der Waals surface area contributed by atoms with Crippen LogP contribution in [0, 0.1) is 5.92 Å². The van der Waals surface area contributed by atoms with Gasteiger partial charge >= 0.3 is 0 Å². The average Bonchev–Trinajstić information content (AvgIpc) is 2.94. The summed E-state index contributed by atoms with van der Waals surface area (Å²) < 4.78 is 0. The molecule has 0 aliphatic heterocycles. The molecule has 0 aromatic heterocycles.